The van der Waals surface area contributed by atoms with E-state index in [-0.39, 0.29) is 26.8 Å². The number of benzene rings is 11. The molecule has 1 N–H and O–H groups in total. The topological polar surface area (TPSA) is 64.1 Å². The molecular weight excluding hydrogens is 1250 g/mol. The number of phenols is 1. The molecule has 88 heavy (non-hydrogen) atoms. The van der Waals surface area contributed by atoms with Gasteiger partial charge in [0.25, 0.3) is 0 Å². The molecule has 11 aromatic carbocycles. The van der Waals surface area contributed by atoms with Crippen LogP contribution in [0.3, 0.4) is 0 Å². The summed E-state index contributed by atoms with van der Waals surface area (Å²) in [6.45, 7) is 17.8. The van der Waals surface area contributed by atoms with E-state index in [1.54, 1.807) is 6.07 Å². The van der Waals surface area contributed by atoms with Crippen LogP contribution in [0.5, 0.6) is 5.75 Å². The summed E-state index contributed by atoms with van der Waals surface area (Å²) in [6.07, 6.45) is 1.65. The number of imidazole rings is 1. The summed E-state index contributed by atoms with van der Waals surface area (Å²) in [5, 5.41) is 13.6. The first-order valence-corrected chi connectivity index (χ1v) is 30.2. The number of pyridine rings is 1. The maximum atomic E-state index is 11.6. The fraction of sp³-hybridized carbons (Fsp3) is 0.122. The first kappa shape index (κ1) is 56.2. The van der Waals surface area contributed by atoms with Crippen molar-refractivity contribution in [1.82, 2.24) is 14.5 Å². The van der Waals surface area contributed by atoms with Gasteiger partial charge in [-0.1, -0.05) is 204 Å². The molecule has 0 fully saturated rings. The summed E-state index contributed by atoms with van der Waals surface area (Å²) < 4.78 is 9.55. The second-order valence-corrected chi connectivity index (χ2v) is 24.0. The first-order valence-electron chi connectivity index (χ1n) is 30.2. The second kappa shape index (κ2) is 22.2. The van der Waals surface area contributed by atoms with Gasteiger partial charge in [0.15, 0.2) is 5.82 Å². The van der Waals surface area contributed by atoms with Crippen molar-refractivity contribution in [2.24, 2.45) is 0 Å². The molecule has 15 rings (SSSR count). The van der Waals surface area contributed by atoms with Gasteiger partial charge in [-0.05, 0) is 204 Å². The summed E-state index contributed by atoms with van der Waals surface area (Å²) in [5.74, 6) is 0.935. The number of aryl methyl sites for hydroxylation is 10. The molecule has 0 radical (unpaired) electrons. The van der Waals surface area contributed by atoms with Gasteiger partial charge in [-0.15, -0.1) is 17.7 Å². The van der Waals surface area contributed by atoms with Crippen molar-refractivity contribution in [2.75, 3.05) is 0 Å². The van der Waals surface area contributed by atoms with Crippen molar-refractivity contribution < 1.29 is 30.6 Å². The zero-order valence-electron chi connectivity index (χ0n) is 50.6. The molecular formula is C82H64N3O2Pt-. The Labute approximate surface area is 529 Å². The smallest absolute Gasteiger partial charge is 0.163 e. The van der Waals surface area contributed by atoms with Gasteiger partial charge in [-0.3, -0.25) is 4.57 Å². The van der Waals surface area contributed by atoms with Gasteiger partial charge in [0, 0.05) is 32.0 Å². The van der Waals surface area contributed by atoms with Gasteiger partial charge in [0.05, 0.1) is 28.0 Å². The average Bonchev–Trinajstić information content (AvgIpc) is 1.55. The van der Waals surface area contributed by atoms with Gasteiger partial charge in [0.2, 0.25) is 0 Å². The Balaban J connectivity index is 0.00000680. The Kier molecular flexibility index (Phi) is 14.2. The predicted octanol–water partition coefficient (Wildman–Crippen LogP) is 21.4. The molecule has 6 heteroatoms. The minimum atomic E-state index is 0. The van der Waals surface area contributed by atoms with E-state index in [9.17, 15) is 5.11 Å². The minimum absolute atomic E-state index is 0. The van der Waals surface area contributed by atoms with E-state index in [1.165, 1.54) is 44.5 Å². The van der Waals surface area contributed by atoms with Gasteiger partial charge < -0.3 is 9.52 Å². The third-order valence-electron chi connectivity index (χ3n) is 18.1. The van der Waals surface area contributed by atoms with Crippen LogP contribution in [0, 0.1) is 61.5 Å². The number of aromatic nitrogens is 3. The number of para-hydroxylation sites is 2. The van der Waals surface area contributed by atoms with Crippen LogP contribution in [0.15, 0.2) is 217 Å². The Morgan fingerprint density at radius 3 is 1.60 bits per heavy atom. The molecule has 0 saturated heterocycles. The molecule has 0 bridgehead atoms. The molecule has 3 heterocycles. The van der Waals surface area contributed by atoms with Gasteiger partial charge in [-0.25, -0.2) is 9.97 Å². The second-order valence-electron chi connectivity index (χ2n) is 24.0. The van der Waals surface area contributed by atoms with Gasteiger partial charge in [0.1, 0.15) is 17.0 Å². The molecule has 1 aliphatic rings. The third-order valence-corrected chi connectivity index (χ3v) is 18.1. The molecule has 1 aliphatic carbocycles. The molecule has 3 aromatic heterocycles. The van der Waals surface area contributed by atoms with Crippen molar-refractivity contribution in [2.45, 2.75) is 68.2 Å². The molecule has 430 valence electrons. The van der Waals surface area contributed by atoms with Gasteiger partial charge in [-0.2, -0.15) is 0 Å². The van der Waals surface area contributed by atoms with Crippen LogP contribution < -0.4 is 0 Å². The SMILES string of the molecule is Cc1cc(C)c(-c2cccc(-c3c(C)cc(C)cc3C)c2-c2ccc3c(nc(-c4ccc5c(n4)-c4c(O)cccc4CC5)n3-c3c(C)cccc3C)c2-c2[c-]c(-c3c(-c4ccccc4)cccc3-c3ccccc3)c3oc4ccccc4c3c2)c(C)c1.[Pt]. The van der Waals surface area contributed by atoms with Crippen molar-refractivity contribution in [1.29, 1.82) is 0 Å². The molecule has 0 aliphatic heterocycles. The number of nitrogens with zero attached hydrogens (tertiary/aromatic N) is 3. The van der Waals surface area contributed by atoms with E-state index in [0.717, 1.165) is 152 Å². The monoisotopic (exact) mass is 1320 g/mol. The zero-order chi connectivity index (χ0) is 59.4. The molecule has 0 saturated carbocycles. The molecule has 0 atom stereocenters. The van der Waals surface area contributed by atoms with E-state index in [0.29, 0.717) is 11.5 Å². The quantitative estimate of drug-likeness (QED) is 0.146. The number of phenolic OH excluding ortho intramolecular Hbond substituents is 1. The van der Waals surface area contributed by atoms with Crippen LogP contribution in [0.25, 0.3) is 139 Å². The molecule has 0 spiro atoms. The third kappa shape index (κ3) is 9.25. The van der Waals surface area contributed by atoms with Crippen molar-refractivity contribution in [3.05, 3.63) is 274 Å². The summed E-state index contributed by atoms with van der Waals surface area (Å²) in [6, 6.07) is 80.6. The number of furan rings is 1. The Morgan fingerprint density at radius 2 is 0.977 bits per heavy atom. The number of aromatic hydroxyl groups is 1. The predicted molar refractivity (Wildman–Crippen MR) is 361 cm³/mol. The Bertz CT molecular complexity index is 4940. The fourth-order valence-electron chi connectivity index (χ4n) is 14.6. The average molecular weight is 1320 g/mol. The van der Waals surface area contributed by atoms with E-state index in [2.05, 4.69) is 266 Å². The van der Waals surface area contributed by atoms with Crippen LogP contribution in [-0.2, 0) is 33.9 Å². The van der Waals surface area contributed by atoms with Crippen LogP contribution in [0.2, 0.25) is 0 Å². The summed E-state index contributed by atoms with van der Waals surface area (Å²) >= 11 is 0. The van der Waals surface area contributed by atoms with Crippen molar-refractivity contribution in [3.63, 3.8) is 0 Å². The van der Waals surface area contributed by atoms with Crippen LogP contribution >= 0.6 is 0 Å². The van der Waals surface area contributed by atoms with Crippen molar-refractivity contribution >= 4 is 33.0 Å². The van der Waals surface area contributed by atoms with E-state index in [4.69, 9.17) is 14.4 Å². The first-order chi connectivity index (χ1) is 42.4. The fourth-order valence-corrected chi connectivity index (χ4v) is 14.6. The van der Waals surface area contributed by atoms with E-state index in [1.807, 2.05) is 6.07 Å². The normalized spacial score (nSPS) is 12.0. The molecule has 0 unspecified atom stereocenters. The Morgan fingerprint density at radius 1 is 0.432 bits per heavy atom. The van der Waals surface area contributed by atoms with Crippen LogP contribution in [0.1, 0.15) is 55.6 Å². The maximum Gasteiger partial charge on any atom is 0.163 e. The van der Waals surface area contributed by atoms with Crippen LogP contribution in [-0.4, -0.2) is 19.6 Å². The largest absolute Gasteiger partial charge is 0.507 e. The number of hydrogen-bond acceptors (Lipinski definition) is 4. The summed E-state index contributed by atoms with van der Waals surface area (Å²) in [4.78, 5) is 11.7. The van der Waals surface area contributed by atoms with Crippen LogP contribution in [0.4, 0.5) is 0 Å². The summed E-state index contributed by atoms with van der Waals surface area (Å²) in [5.41, 5.74) is 33.2. The van der Waals surface area contributed by atoms with E-state index < -0.39 is 0 Å². The van der Waals surface area contributed by atoms with E-state index >= 15 is 0 Å². The Hall–Kier alpha value is -9.67. The van der Waals surface area contributed by atoms with Crippen molar-refractivity contribution in [3.8, 4) is 112 Å². The standard InChI is InChI=1S/C82H64N3O2.Pt/c1-47-41-51(5)72(52(6)42-47)63-31-20-32-64(73-53(7)43-48(2)44-54(73)8)77(63)65-38-40-69-79(84-82(85(69)80-49(3)21-17-22-50(80)4)68-39-37-58-36-35-57-27-18-33-70(86)75(57)78(58)83-68)74(65)59-45-66-62-28-15-16-34-71(62)87-81(66)67(46-59)76-60(55-23-11-9-12-24-55)29-19-30-61(76)56-25-13-10-14-26-56;/h9-34,37-45,86H,35-36H2,1-8H3;/q-1;. The number of rotatable bonds is 9. The molecule has 0 amide bonds. The maximum absolute atomic E-state index is 11.6. The number of fused-ring (bicyclic) bond motifs is 7. The minimum Gasteiger partial charge on any atom is -0.507 e. The zero-order valence-corrected chi connectivity index (χ0v) is 52.9. The molecule has 14 aromatic rings. The summed E-state index contributed by atoms with van der Waals surface area (Å²) in [7, 11) is 0. The van der Waals surface area contributed by atoms with Gasteiger partial charge >= 0.3 is 0 Å². The number of hydrogen-bond donors (Lipinski definition) is 1. The molecule has 5 nitrogen and oxygen atoms in total.